The molecule has 0 aliphatic heterocycles. The number of fused-ring (bicyclic) bond motifs is 1. The Kier molecular flexibility index (Phi) is 5.31. The number of carbonyl (C=O) groups is 1. The summed E-state index contributed by atoms with van der Waals surface area (Å²) in [5.74, 6) is 1.50. The fraction of sp³-hybridized carbons (Fsp3) is 0.158. The van der Waals surface area contributed by atoms with Gasteiger partial charge in [0.1, 0.15) is 18.1 Å². The molecule has 25 heavy (non-hydrogen) atoms. The van der Waals surface area contributed by atoms with Crippen molar-refractivity contribution in [2.24, 2.45) is 0 Å². The Labute approximate surface area is 145 Å². The highest BCUT2D eigenvalue weighted by Gasteiger charge is 2.05. The molecule has 0 radical (unpaired) electrons. The summed E-state index contributed by atoms with van der Waals surface area (Å²) in [6.45, 7) is 0.754. The van der Waals surface area contributed by atoms with Gasteiger partial charge in [-0.1, -0.05) is 18.2 Å². The van der Waals surface area contributed by atoms with Gasteiger partial charge in [-0.3, -0.25) is 4.98 Å². The standard InChI is InChI=1S/C19H19N3O3/c1-24-15-7-9-16(10-8-15)25-13-12-21-19(23)22-17-6-2-4-14-5-3-11-20-18(14)17/h2-11H,12-13H2,1H3,(H2,21,22,23). The molecule has 0 aliphatic rings. The van der Waals surface area contributed by atoms with E-state index in [1.165, 1.54) is 0 Å². The third-order valence-electron chi connectivity index (χ3n) is 3.60. The molecular formula is C19H19N3O3. The molecule has 0 unspecified atom stereocenters. The fourth-order valence-electron chi connectivity index (χ4n) is 2.38. The van der Waals surface area contributed by atoms with Crippen LogP contribution < -0.4 is 20.1 Å². The molecule has 0 aliphatic carbocycles. The third kappa shape index (κ3) is 4.38. The number of nitrogens with one attached hydrogen (secondary N) is 2. The van der Waals surface area contributed by atoms with Crippen molar-refractivity contribution in [1.29, 1.82) is 0 Å². The number of ether oxygens (including phenoxy) is 2. The number of urea groups is 1. The average Bonchev–Trinajstić information content (AvgIpc) is 2.66. The smallest absolute Gasteiger partial charge is 0.319 e. The van der Waals surface area contributed by atoms with Crippen molar-refractivity contribution in [1.82, 2.24) is 10.3 Å². The number of amides is 2. The van der Waals surface area contributed by atoms with E-state index in [2.05, 4.69) is 15.6 Å². The lowest BCUT2D eigenvalue weighted by Crippen LogP contribution is -2.32. The molecule has 3 rings (SSSR count). The lowest BCUT2D eigenvalue weighted by atomic mass is 10.2. The minimum absolute atomic E-state index is 0.295. The highest BCUT2D eigenvalue weighted by molar-refractivity contribution is 5.99. The number of pyridine rings is 1. The second-order valence-electron chi connectivity index (χ2n) is 5.29. The monoisotopic (exact) mass is 337 g/mol. The van der Waals surface area contributed by atoms with Gasteiger partial charge in [-0.15, -0.1) is 0 Å². The number of anilines is 1. The molecule has 6 nitrogen and oxygen atoms in total. The lowest BCUT2D eigenvalue weighted by Gasteiger charge is -2.10. The predicted molar refractivity (Wildman–Crippen MR) is 97.3 cm³/mol. The van der Waals surface area contributed by atoms with Crippen LogP contribution in [0.5, 0.6) is 11.5 Å². The first kappa shape index (κ1) is 16.6. The number of hydrogen-bond donors (Lipinski definition) is 2. The molecule has 0 atom stereocenters. The van der Waals surface area contributed by atoms with Crippen LogP contribution in [0.3, 0.4) is 0 Å². The van der Waals surface area contributed by atoms with E-state index in [-0.39, 0.29) is 6.03 Å². The Morgan fingerprint density at radius 2 is 1.80 bits per heavy atom. The number of nitrogens with zero attached hydrogens (tertiary/aromatic N) is 1. The highest BCUT2D eigenvalue weighted by atomic mass is 16.5. The van der Waals surface area contributed by atoms with Gasteiger partial charge in [0.15, 0.2) is 0 Å². The molecule has 2 N–H and O–H groups in total. The van der Waals surface area contributed by atoms with Crippen LogP contribution in [0.2, 0.25) is 0 Å². The van der Waals surface area contributed by atoms with E-state index in [1.807, 2.05) is 54.6 Å². The van der Waals surface area contributed by atoms with Crippen LogP contribution in [-0.2, 0) is 0 Å². The first-order valence-corrected chi connectivity index (χ1v) is 7.92. The molecule has 0 spiro atoms. The summed E-state index contributed by atoms with van der Waals surface area (Å²) in [7, 11) is 1.61. The average molecular weight is 337 g/mol. The van der Waals surface area contributed by atoms with Gasteiger partial charge in [0, 0.05) is 11.6 Å². The van der Waals surface area contributed by atoms with Crippen molar-refractivity contribution in [3.05, 3.63) is 60.8 Å². The Bertz CT molecular complexity index is 845. The van der Waals surface area contributed by atoms with E-state index < -0.39 is 0 Å². The maximum absolute atomic E-state index is 12.0. The van der Waals surface area contributed by atoms with Crippen molar-refractivity contribution >= 4 is 22.6 Å². The Balaban J connectivity index is 1.47. The molecule has 0 bridgehead atoms. The van der Waals surface area contributed by atoms with Gasteiger partial charge < -0.3 is 20.1 Å². The van der Waals surface area contributed by atoms with Crippen molar-refractivity contribution in [2.45, 2.75) is 0 Å². The zero-order chi connectivity index (χ0) is 17.5. The summed E-state index contributed by atoms with van der Waals surface area (Å²) >= 11 is 0. The Morgan fingerprint density at radius 3 is 2.60 bits per heavy atom. The lowest BCUT2D eigenvalue weighted by molar-refractivity contribution is 0.247. The maximum Gasteiger partial charge on any atom is 0.319 e. The van der Waals surface area contributed by atoms with E-state index in [0.29, 0.717) is 18.8 Å². The van der Waals surface area contributed by atoms with Crippen molar-refractivity contribution in [2.75, 3.05) is 25.6 Å². The van der Waals surface area contributed by atoms with Gasteiger partial charge >= 0.3 is 6.03 Å². The molecule has 6 heteroatoms. The predicted octanol–water partition coefficient (Wildman–Crippen LogP) is 3.44. The minimum Gasteiger partial charge on any atom is -0.497 e. The zero-order valence-electron chi connectivity index (χ0n) is 13.9. The molecule has 0 saturated carbocycles. The third-order valence-corrected chi connectivity index (χ3v) is 3.60. The zero-order valence-corrected chi connectivity index (χ0v) is 13.9. The van der Waals surface area contributed by atoms with Crippen molar-refractivity contribution in [3.8, 4) is 11.5 Å². The van der Waals surface area contributed by atoms with Gasteiger partial charge in [-0.25, -0.2) is 4.79 Å². The molecule has 2 aromatic carbocycles. The quantitative estimate of drug-likeness (QED) is 0.676. The maximum atomic E-state index is 12.0. The largest absolute Gasteiger partial charge is 0.497 e. The van der Waals surface area contributed by atoms with Crippen LogP contribution in [-0.4, -0.2) is 31.3 Å². The first-order chi connectivity index (χ1) is 12.3. The number of methoxy groups -OCH3 is 1. The van der Waals surface area contributed by atoms with Gasteiger partial charge in [0.05, 0.1) is 24.9 Å². The number of benzene rings is 2. The summed E-state index contributed by atoms with van der Waals surface area (Å²) in [4.78, 5) is 16.3. The van der Waals surface area contributed by atoms with E-state index in [4.69, 9.17) is 9.47 Å². The number of rotatable bonds is 6. The minimum atomic E-state index is -0.295. The SMILES string of the molecule is COc1ccc(OCCNC(=O)Nc2cccc3cccnc23)cc1. The van der Waals surface area contributed by atoms with E-state index in [1.54, 1.807) is 13.3 Å². The van der Waals surface area contributed by atoms with Crippen LogP contribution >= 0.6 is 0 Å². The normalized spacial score (nSPS) is 10.3. The van der Waals surface area contributed by atoms with E-state index >= 15 is 0 Å². The van der Waals surface area contributed by atoms with E-state index in [0.717, 1.165) is 22.4 Å². The Morgan fingerprint density at radius 1 is 1.04 bits per heavy atom. The molecule has 128 valence electrons. The molecule has 3 aromatic rings. The van der Waals surface area contributed by atoms with Crippen LogP contribution in [0.4, 0.5) is 10.5 Å². The van der Waals surface area contributed by atoms with Crippen LogP contribution in [0.1, 0.15) is 0 Å². The number of para-hydroxylation sites is 1. The van der Waals surface area contributed by atoms with Gasteiger partial charge in [-0.2, -0.15) is 0 Å². The number of hydrogen-bond acceptors (Lipinski definition) is 4. The highest BCUT2D eigenvalue weighted by Crippen LogP contribution is 2.20. The van der Waals surface area contributed by atoms with Crippen molar-refractivity contribution < 1.29 is 14.3 Å². The van der Waals surface area contributed by atoms with Gasteiger partial charge in [-0.05, 0) is 36.4 Å². The molecule has 2 amide bonds. The molecule has 1 aromatic heterocycles. The summed E-state index contributed by atoms with van der Waals surface area (Å²) < 4.78 is 10.7. The van der Waals surface area contributed by atoms with Crippen LogP contribution in [0, 0.1) is 0 Å². The van der Waals surface area contributed by atoms with Crippen molar-refractivity contribution in [3.63, 3.8) is 0 Å². The number of carbonyl (C=O) groups excluding carboxylic acids is 1. The second-order valence-corrected chi connectivity index (χ2v) is 5.29. The molecular weight excluding hydrogens is 318 g/mol. The van der Waals surface area contributed by atoms with Crippen LogP contribution in [0.15, 0.2) is 60.8 Å². The van der Waals surface area contributed by atoms with E-state index in [9.17, 15) is 4.79 Å². The summed E-state index contributed by atoms with van der Waals surface area (Å²) in [6, 6.07) is 16.5. The first-order valence-electron chi connectivity index (χ1n) is 7.92. The van der Waals surface area contributed by atoms with Crippen LogP contribution in [0.25, 0.3) is 10.9 Å². The summed E-state index contributed by atoms with van der Waals surface area (Å²) in [6.07, 6.45) is 1.70. The summed E-state index contributed by atoms with van der Waals surface area (Å²) in [5.41, 5.74) is 1.43. The number of aromatic nitrogens is 1. The van der Waals surface area contributed by atoms with Gasteiger partial charge in [0.25, 0.3) is 0 Å². The fourth-order valence-corrected chi connectivity index (χ4v) is 2.38. The molecule has 0 saturated heterocycles. The Hall–Kier alpha value is -3.28. The topological polar surface area (TPSA) is 72.5 Å². The second kappa shape index (κ2) is 8.01. The van der Waals surface area contributed by atoms with Gasteiger partial charge in [0.2, 0.25) is 0 Å². The molecule has 1 heterocycles. The molecule has 0 fully saturated rings. The summed E-state index contributed by atoms with van der Waals surface area (Å²) in [5, 5.41) is 6.55.